The number of nitrogens with one attached hydrogen (secondary N) is 1. The number of hydrogen-bond donors (Lipinski definition) is 2. The van der Waals surface area contributed by atoms with Crippen LogP contribution in [0.5, 0.6) is 5.75 Å². The first kappa shape index (κ1) is 16.8. The highest BCUT2D eigenvalue weighted by Gasteiger charge is 2.14. The molecule has 1 aromatic carbocycles. The highest BCUT2D eigenvalue weighted by molar-refractivity contribution is 6.08. The monoisotopic (exact) mass is 291 g/mol. The lowest BCUT2D eigenvalue weighted by Gasteiger charge is -2.14. The molecular formula is C16H21NO4. The van der Waals surface area contributed by atoms with Gasteiger partial charge < -0.3 is 15.2 Å². The number of carboxylic acid groups (broad SMARTS) is 1. The smallest absolute Gasteiger partial charge is 0.331 e. The molecule has 0 aliphatic heterocycles. The van der Waals surface area contributed by atoms with E-state index in [1.165, 1.54) is 13.8 Å². The van der Waals surface area contributed by atoms with Gasteiger partial charge in [-0.25, -0.2) is 4.79 Å². The van der Waals surface area contributed by atoms with Gasteiger partial charge >= 0.3 is 5.97 Å². The summed E-state index contributed by atoms with van der Waals surface area (Å²) in [6.07, 6.45) is 0. The SMILES string of the molecule is CC(C(=O)O)=C(C)C(=O)Nc1ccccc1OCC(C)C. The largest absolute Gasteiger partial charge is 0.491 e. The lowest BCUT2D eigenvalue weighted by atomic mass is 10.1. The Morgan fingerprint density at radius 1 is 1.19 bits per heavy atom. The van der Waals surface area contributed by atoms with Gasteiger partial charge in [0.05, 0.1) is 12.3 Å². The molecule has 1 amide bonds. The third kappa shape index (κ3) is 4.95. The number of carbonyl (C=O) groups is 2. The number of aliphatic carboxylic acids is 1. The molecule has 0 aliphatic rings. The summed E-state index contributed by atoms with van der Waals surface area (Å²) < 4.78 is 5.64. The Morgan fingerprint density at radius 2 is 1.81 bits per heavy atom. The van der Waals surface area contributed by atoms with Crippen molar-refractivity contribution in [3.63, 3.8) is 0 Å². The molecule has 5 heteroatoms. The predicted octanol–water partition coefficient (Wildman–Crippen LogP) is 3.08. The average Bonchev–Trinajstić information content (AvgIpc) is 2.44. The van der Waals surface area contributed by atoms with E-state index >= 15 is 0 Å². The molecule has 114 valence electrons. The normalized spacial score (nSPS) is 11.9. The number of para-hydroxylation sites is 2. The van der Waals surface area contributed by atoms with Gasteiger partial charge in [-0.05, 0) is 31.9 Å². The number of benzene rings is 1. The van der Waals surface area contributed by atoms with Gasteiger partial charge in [-0.15, -0.1) is 0 Å². The molecule has 0 fully saturated rings. The Kier molecular flexibility index (Phi) is 5.96. The molecule has 0 saturated carbocycles. The molecule has 0 bridgehead atoms. The van der Waals surface area contributed by atoms with Crippen LogP contribution in [0.2, 0.25) is 0 Å². The lowest BCUT2D eigenvalue weighted by Crippen LogP contribution is -2.17. The van der Waals surface area contributed by atoms with E-state index < -0.39 is 11.9 Å². The summed E-state index contributed by atoms with van der Waals surface area (Å²) in [5, 5.41) is 11.6. The van der Waals surface area contributed by atoms with E-state index in [9.17, 15) is 9.59 Å². The van der Waals surface area contributed by atoms with Crippen LogP contribution in [0.4, 0.5) is 5.69 Å². The number of ether oxygens (including phenoxy) is 1. The molecule has 2 N–H and O–H groups in total. The molecule has 0 aliphatic carbocycles. The minimum absolute atomic E-state index is 0.0214. The summed E-state index contributed by atoms with van der Waals surface area (Å²) in [5.74, 6) is -0.618. The highest BCUT2D eigenvalue weighted by Crippen LogP contribution is 2.25. The fourth-order valence-corrected chi connectivity index (χ4v) is 1.50. The second-order valence-corrected chi connectivity index (χ2v) is 5.21. The van der Waals surface area contributed by atoms with Gasteiger partial charge in [-0.3, -0.25) is 4.79 Å². The van der Waals surface area contributed by atoms with Crippen LogP contribution in [0.1, 0.15) is 27.7 Å². The molecule has 0 saturated heterocycles. The maximum atomic E-state index is 12.1. The first-order valence-electron chi connectivity index (χ1n) is 6.76. The second kappa shape index (κ2) is 7.47. The minimum Gasteiger partial charge on any atom is -0.491 e. The van der Waals surface area contributed by atoms with Gasteiger partial charge in [0, 0.05) is 11.1 Å². The van der Waals surface area contributed by atoms with Crippen molar-refractivity contribution >= 4 is 17.6 Å². The van der Waals surface area contributed by atoms with Crippen LogP contribution in [-0.2, 0) is 9.59 Å². The maximum Gasteiger partial charge on any atom is 0.331 e. The number of rotatable bonds is 6. The molecule has 0 heterocycles. The number of anilines is 1. The highest BCUT2D eigenvalue weighted by atomic mass is 16.5. The molecule has 0 spiro atoms. The Morgan fingerprint density at radius 3 is 2.38 bits per heavy atom. The molecule has 1 aromatic rings. The van der Waals surface area contributed by atoms with E-state index in [1.807, 2.05) is 19.9 Å². The first-order chi connectivity index (χ1) is 9.82. The van der Waals surface area contributed by atoms with Crippen LogP contribution in [0, 0.1) is 5.92 Å². The standard InChI is InChI=1S/C16H21NO4/c1-10(2)9-21-14-8-6-5-7-13(14)17-15(18)11(3)12(4)16(19)20/h5-8,10H,9H2,1-4H3,(H,17,18)(H,19,20). The van der Waals surface area contributed by atoms with E-state index in [1.54, 1.807) is 18.2 Å². The number of amides is 1. The number of carbonyl (C=O) groups excluding carboxylic acids is 1. The Balaban J connectivity index is 2.90. The molecule has 0 radical (unpaired) electrons. The molecule has 0 atom stereocenters. The van der Waals surface area contributed by atoms with Crippen LogP contribution in [0.15, 0.2) is 35.4 Å². The number of hydrogen-bond acceptors (Lipinski definition) is 3. The summed E-state index contributed by atoms with van der Waals surface area (Å²) in [7, 11) is 0. The molecule has 21 heavy (non-hydrogen) atoms. The third-order valence-electron chi connectivity index (χ3n) is 2.93. The lowest BCUT2D eigenvalue weighted by molar-refractivity contribution is -0.133. The van der Waals surface area contributed by atoms with Gasteiger partial charge in [0.15, 0.2) is 0 Å². The van der Waals surface area contributed by atoms with Crippen molar-refractivity contribution in [3.8, 4) is 5.75 Å². The fraction of sp³-hybridized carbons (Fsp3) is 0.375. The van der Waals surface area contributed by atoms with E-state index in [0.717, 1.165) is 0 Å². The molecule has 0 aromatic heterocycles. The topological polar surface area (TPSA) is 75.6 Å². The fourth-order valence-electron chi connectivity index (χ4n) is 1.50. The Bertz CT molecular complexity index is 561. The third-order valence-corrected chi connectivity index (χ3v) is 2.93. The van der Waals surface area contributed by atoms with Crippen LogP contribution >= 0.6 is 0 Å². The maximum absolute atomic E-state index is 12.1. The van der Waals surface area contributed by atoms with Crippen molar-refractivity contribution in [3.05, 3.63) is 35.4 Å². The molecule has 5 nitrogen and oxygen atoms in total. The van der Waals surface area contributed by atoms with Crippen molar-refractivity contribution in [2.75, 3.05) is 11.9 Å². The zero-order chi connectivity index (χ0) is 16.0. The summed E-state index contributed by atoms with van der Waals surface area (Å²) >= 11 is 0. The zero-order valence-electron chi connectivity index (χ0n) is 12.8. The first-order valence-corrected chi connectivity index (χ1v) is 6.76. The average molecular weight is 291 g/mol. The number of carboxylic acids is 1. The van der Waals surface area contributed by atoms with Gasteiger partial charge in [0.2, 0.25) is 0 Å². The van der Waals surface area contributed by atoms with E-state index in [4.69, 9.17) is 9.84 Å². The van der Waals surface area contributed by atoms with Crippen molar-refractivity contribution in [2.45, 2.75) is 27.7 Å². The molecular weight excluding hydrogens is 270 g/mol. The Hall–Kier alpha value is -2.30. The van der Waals surface area contributed by atoms with E-state index in [-0.39, 0.29) is 11.1 Å². The van der Waals surface area contributed by atoms with Gasteiger partial charge in [-0.2, -0.15) is 0 Å². The van der Waals surface area contributed by atoms with E-state index in [0.29, 0.717) is 24.0 Å². The Labute approximate surface area is 124 Å². The molecule has 1 rings (SSSR count). The zero-order valence-corrected chi connectivity index (χ0v) is 12.8. The van der Waals surface area contributed by atoms with Crippen LogP contribution in [-0.4, -0.2) is 23.6 Å². The van der Waals surface area contributed by atoms with Gasteiger partial charge in [0.25, 0.3) is 5.91 Å². The summed E-state index contributed by atoms with van der Waals surface area (Å²) in [4.78, 5) is 22.9. The summed E-state index contributed by atoms with van der Waals surface area (Å²) in [6.45, 7) is 7.49. The van der Waals surface area contributed by atoms with Crippen molar-refractivity contribution in [2.24, 2.45) is 5.92 Å². The van der Waals surface area contributed by atoms with Gasteiger partial charge in [-0.1, -0.05) is 26.0 Å². The summed E-state index contributed by atoms with van der Waals surface area (Å²) in [5.41, 5.74) is 0.718. The van der Waals surface area contributed by atoms with Crippen LogP contribution in [0.25, 0.3) is 0 Å². The van der Waals surface area contributed by atoms with E-state index in [2.05, 4.69) is 5.32 Å². The van der Waals surface area contributed by atoms with Crippen molar-refractivity contribution in [1.29, 1.82) is 0 Å². The summed E-state index contributed by atoms with van der Waals surface area (Å²) in [6, 6.07) is 7.08. The van der Waals surface area contributed by atoms with Crippen molar-refractivity contribution < 1.29 is 19.4 Å². The van der Waals surface area contributed by atoms with Gasteiger partial charge in [0.1, 0.15) is 5.75 Å². The minimum atomic E-state index is -1.10. The second-order valence-electron chi connectivity index (χ2n) is 5.21. The van der Waals surface area contributed by atoms with Crippen LogP contribution in [0.3, 0.4) is 0 Å². The van der Waals surface area contributed by atoms with Crippen LogP contribution < -0.4 is 10.1 Å². The van der Waals surface area contributed by atoms with Crippen molar-refractivity contribution in [1.82, 2.24) is 0 Å². The molecule has 0 unspecified atom stereocenters. The predicted molar refractivity (Wildman–Crippen MR) is 81.4 cm³/mol. The quantitative estimate of drug-likeness (QED) is 0.790.